The highest BCUT2D eigenvalue weighted by Gasteiger charge is 2.13. The molecule has 4 nitrogen and oxygen atoms in total. The zero-order chi connectivity index (χ0) is 14.7. The number of halogens is 1. The second kappa shape index (κ2) is 6.37. The second-order valence-electron chi connectivity index (χ2n) is 4.82. The lowest BCUT2D eigenvalue weighted by atomic mass is 10.0. The Kier molecular flexibility index (Phi) is 4.77. The molecule has 1 heterocycles. The first-order chi connectivity index (χ1) is 9.51. The Labute approximate surface area is 122 Å². The molecule has 0 aliphatic rings. The van der Waals surface area contributed by atoms with E-state index >= 15 is 0 Å². The predicted octanol–water partition coefficient (Wildman–Crippen LogP) is 2.69. The van der Waals surface area contributed by atoms with Gasteiger partial charge in [-0.05, 0) is 55.3 Å². The van der Waals surface area contributed by atoms with E-state index in [1.807, 2.05) is 25.5 Å². The smallest absolute Gasteiger partial charge is 0.195 e. The summed E-state index contributed by atoms with van der Waals surface area (Å²) in [7, 11) is 1.92. The zero-order valence-corrected chi connectivity index (χ0v) is 12.7. The summed E-state index contributed by atoms with van der Waals surface area (Å²) >= 11 is 1.49. The molecule has 2 rings (SSSR count). The lowest BCUT2D eigenvalue weighted by molar-refractivity contribution is 0.609. The van der Waals surface area contributed by atoms with Crippen molar-refractivity contribution < 1.29 is 4.39 Å². The van der Waals surface area contributed by atoms with E-state index in [1.54, 1.807) is 12.1 Å². The fourth-order valence-electron chi connectivity index (χ4n) is 1.81. The molecule has 0 aliphatic carbocycles. The van der Waals surface area contributed by atoms with Gasteiger partial charge in [0.15, 0.2) is 5.16 Å². The monoisotopic (exact) mass is 294 g/mol. The van der Waals surface area contributed by atoms with Gasteiger partial charge in [0.1, 0.15) is 11.6 Å². The average Bonchev–Trinajstić information content (AvgIpc) is 2.73. The molecule has 0 aliphatic heterocycles. The molecule has 1 aromatic heterocycles. The molecule has 1 unspecified atom stereocenters. The number of hydrogen-bond acceptors (Lipinski definition) is 4. The number of rotatable bonds is 5. The molecule has 1 aromatic carbocycles. The van der Waals surface area contributed by atoms with E-state index in [2.05, 4.69) is 10.2 Å². The van der Waals surface area contributed by atoms with Crippen LogP contribution in [0.1, 0.15) is 24.7 Å². The minimum atomic E-state index is -0.234. The summed E-state index contributed by atoms with van der Waals surface area (Å²) in [6.07, 6.45) is 1.52. The van der Waals surface area contributed by atoms with Crippen molar-refractivity contribution in [1.82, 2.24) is 14.8 Å². The molecule has 0 saturated carbocycles. The van der Waals surface area contributed by atoms with Crippen molar-refractivity contribution in [1.29, 1.82) is 0 Å². The Hall–Kier alpha value is -1.40. The van der Waals surface area contributed by atoms with Gasteiger partial charge in [0, 0.05) is 18.0 Å². The van der Waals surface area contributed by atoms with Crippen LogP contribution in [0.2, 0.25) is 0 Å². The van der Waals surface area contributed by atoms with Crippen molar-refractivity contribution in [2.75, 3.05) is 0 Å². The molecule has 0 radical (unpaired) electrons. The van der Waals surface area contributed by atoms with Gasteiger partial charge in [0.2, 0.25) is 0 Å². The van der Waals surface area contributed by atoms with Crippen molar-refractivity contribution in [3.63, 3.8) is 0 Å². The van der Waals surface area contributed by atoms with Crippen LogP contribution in [0, 0.1) is 12.7 Å². The number of aromatic nitrogens is 3. The third kappa shape index (κ3) is 3.37. The molecular weight excluding hydrogens is 275 g/mol. The molecule has 0 spiro atoms. The largest absolute Gasteiger partial charge is 0.327 e. The number of benzene rings is 1. The minimum Gasteiger partial charge on any atom is -0.327 e. The zero-order valence-electron chi connectivity index (χ0n) is 11.9. The van der Waals surface area contributed by atoms with Gasteiger partial charge in [0.05, 0.1) is 0 Å². The Bertz CT molecular complexity index is 597. The van der Waals surface area contributed by atoms with Crippen LogP contribution in [0.25, 0.3) is 0 Å². The normalized spacial score (nSPS) is 12.7. The van der Waals surface area contributed by atoms with E-state index in [9.17, 15) is 4.39 Å². The van der Waals surface area contributed by atoms with E-state index in [0.29, 0.717) is 6.42 Å². The van der Waals surface area contributed by atoms with Crippen molar-refractivity contribution >= 4 is 11.8 Å². The maximum Gasteiger partial charge on any atom is 0.195 e. The van der Waals surface area contributed by atoms with Crippen LogP contribution >= 0.6 is 11.8 Å². The molecule has 2 N–H and O–H groups in total. The summed E-state index contributed by atoms with van der Waals surface area (Å²) in [4.78, 5) is 0.978. The summed E-state index contributed by atoms with van der Waals surface area (Å²) in [6, 6.07) is 4.84. The summed E-state index contributed by atoms with van der Waals surface area (Å²) in [5, 5.41) is 8.95. The van der Waals surface area contributed by atoms with Gasteiger partial charge in [-0.2, -0.15) is 0 Å². The Morgan fingerprint density at radius 3 is 2.75 bits per heavy atom. The minimum absolute atomic E-state index is 0.0392. The van der Waals surface area contributed by atoms with Gasteiger partial charge in [0.25, 0.3) is 0 Å². The van der Waals surface area contributed by atoms with E-state index in [-0.39, 0.29) is 11.9 Å². The van der Waals surface area contributed by atoms with Crippen LogP contribution in [0.15, 0.2) is 28.3 Å². The molecular formula is C14H19FN4S. The molecule has 1 atom stereocenters. The highest BCUT2D eigenvalue weighted by molar-refractivity contribution is 7.99. The summed E-state index contributed by atoms with van der Waals surface area (Å²) in [5.74, 6) is 0.614. The van der Waals surface area contributed by atoms with E-state index in [1.165, 1.54) is 17.8 Å². The van der Waals surface area contributed by atoms with Crippen LogP contribution in [0.4, 0.5) is 4.39 Å². The first-order valence-electron chi connectivity index (χ1n) is 6.59. The van der Waals surface area contributed by atoms with Gasteiger partial charge in [-0.3, -0.25) is 0 Å². The van der Waals surface area contributed by atoms with Crippen molar-refractivity contribution in [2.24, 2.45) is 12.8 Å². The van der Waals surface area contributed by atoms with Crippen LogP contribution in [-0.4, -0.2) is 20.8 Å². The number of nitrogens with zero attached hydrogens (tertiary/aromatic N) is 3. The third-order valence-electron chi connectivity index (χ3n) is 3.28. The molecule has 0 bridgehead atoms. The maximum absolute atomic E-state index is 13.4. The average molecular weight is 294 g/mol. The molecule has 0 saturated heterocycles. The maximum atomic E-state index is 13.4. The predicted molar refractivity (Wildman–Crippen MR) is 78.2 cm³/mol. The third-order valence-corrected chi connectivity index (χ3v) is 4.44. The van der Waals surface area contributed by atoms with Gasteiger partial charge in [-0.1, -0.05) is 6.92 Å². The molecule has 2 aromatic rings. The first-order valence-corrected chi connectivity index (χ1v) is 7.40. The van der Waals surface area contributed by atoms with Gasteiger partial charge >= 0.3 is 0 Å². The van der Waals surface area contributed by atoms with E-state index in [4.69, 9.17) is 5.73 Å². The van der Waals surface area contributed by atoms with Crippen LogP contribution < -0.4 is 5.73 Å². The number of aryl methyl sites for hydroxylation is 1. The van der Waals surface area contributed by atoms with Gasteiger partial charge in [-0.15, -0.1) is 10.2 Å². The second-order valence-corrected chi connectivity index (χ2v) is 5.82. The van der Waals surface area contributed by atoms with Crippen LogP contribution in [-0.2, 0) is 13.5 Å². The number of nitrogens with two attached hydrogens (primary N) is 1. The van der Waals surface area contributed by atoms with Crippen molar-refractivity contribution in [3.05, 3.63) is 35.4 Å². The number of hydrogen-bond donors (Lipinski definition) is 1. The lowest BCUT2D eigenvalue weighted by Crippen LogP contribution is -2.21. The SMILES string of the molecule is CCC(N)Cc1cc(F)ccc1Sc1nnc(C)n1C. The fourth-order valence-corrected chi connectivity index (χ4v) is 2.77. The Morgan fingerprint density at radius 1 is 1.40 bits per heavy atom. The quantitative estimate of drug-likeness (QED) is 0.921. The molecule has 0 amide bonds. The summed E-state index contributed by atoms with van der Waals surface area (Å²) in [5.41, 5.74) is 6.91. The van der Waals surface area contributed by atoms with Crippen molar-refractivity contribution in [2.45, 2.75) is 42.8 Å². The molecule has 6 heteroatoms. The van der Waals surface area contributed by atoms with Gasteiger partial charge < -0.3 is 10.3 Å². The Balaban J connectivity index is 2.28. The molecule has 20 heavy (non-hydrogen) atoms. The van der Waals surface area contributed by atoms with E-state index < -0.39 is 0 Å². The first kappa shape index (κ1) is 15.0. The topological polar surface area (TPSA) is 56.7 Å². The lowest BCUT2D eigenvalue weighted by Gasteiger charge is -2.13. The molecule has 108 valence electrons. The Morgan fingerprint density at radius 2 is 2.15 bits per heavy atom. The van der Waals surface area contributed by atoms with E-state index in [0.717, 1.165) is 27.9 Å². The highest BCUT2D eigenvalue weighted by Crippen LogP contribution is 2.30. The van der Waals surface area contributed by atoms with Gasteiger partial charge in [-0.25, -0.2) is 4.39 Å². The summed E-state index contributed by atoms with van der Waals surface area (Å²) in [6.45, 7) is 3.93. The molecule has 0 fully saturated rings. The summed E-state index contributed by atoms with van der Waals surface area (Å²) < 4.78 is 15.4. The standard InChI is InChI=1S/C14H19FN4S/c1-4-12(16)8-10-7-11(15)5-6-13(10)20-14-18-17-9(2)19(14)3/h5-7,12H,4,8,16H2,1-3H3. The van der Waals surface area contributed by atoms with Crippen LogP contribution in [0.3, 0.4) is 0 Å². The van der Waals surface area contributed by atoms with Crippen LogP contribution in [0.5, 0.6) is 0 Å². The highest BCUT2D eigenvalue weighted by atomic mass is 32.2. The van der Waals surface area contributed by atoms with Crippen molar-refractivity contribution in [3.8, 4) is 0 Å². The fraction of sp³-hybridized carbons (Fsp3) is 0.429.